The molecule has 3 aromatic heterocycles. The van der Waals surface area contributed by atoms with Gasteiger partial charge in [-0.05, 0) is 51.1 Å². The van der Waals surface area contributed by atoms with Crippen molar-refractivity contribution in [2.75, 3.05) is 17.1 Å². The van der Waals surface area contributed by atoms with E-state index in [-0.39, 0.29) is 9.77 Å². The second-order valence-electron chi connectivity index (χ2n) is 8.00. The van der Waals surface area contributed by atoms with E-state index in [1.807, 2.05) is 30.3 Å². The van der Waals surface area contributed by atoms with Crippen LogP contribution < -0.4 is 10.0 Å². The maximum absolute atomic E-state index is 12.8. The molecule has 0 radical (unpaired) electrons. The Morgan fingerprint density at radius 3 is 2.66 bits per heavy atom. The highest BCUT2D eigenvalue weighted by molar-refractivity contribution is 9.10. The number of methoxy groups -OCH3 is 1. The number of nitrogens with one attached hydrogen (secondary N) is 2. The molecule has 0 bridgehead atoms. The van der Waals surface area contributed by atoms with Gasteiger partial charge in [0.05, 0.1) is 23.5 Å². The Balaban J connectivity index is 1.35. The Morgan fingerprint density at radius 2 is 1.92 bits per heavy atom. The zero-order chi connectivity index (χ0) is 26.9. The smallest absolute Gasteiger partial charge is 0.349 e. The second kappa shape index (κ2) is 10.7. The zero-order valence-corrected chi connectivity index (χ0v) is 23.7. The molecule has 0 atom stereocenters. The summed E-state index contributed by atoms with van der Waals surface area (Å²) in [5, 5.41) is 9.88. The van der Waals surface area contributed by atoms with Crippen molar-refractivity contribution in [1.29, 1.82) is 0 Å². The number of aromatic nitrogens is 3. The van der Waals surface area contributed by atoms with Crippen LogP contribution in [-0.2, 0) is 21.3 Å². The number of fused-ring (bicyclic) bond motifs is 1. The van der Waals surface area contributed by atoms with Gasteiger partial charge in [0.2, 0.25) is 0 Å². The van der Waals surface area contributed by atoms with Crippen molar-refractivity contribution in [2.24, 2.45) is 0 Å². The van der Waals surface area contributed by atoms with E-state index in [1.165, 1.54) is 18.6 Å². The lowest BCUT2D eigenvalue weighted by atomic mass is 10.1. The average molecular weight is 633 g/mol. The monoisotopic (exact) mass is 631 g/mol. The van der Waals surface area contributed by atoms with Gasteiger partial charge in [0.25, 0.3) is 10.0 Å². The molecule has 0 fully saturated rings. The van der Waals surface area contributed by atoms with Crippen molar-refractivity contribution in [3.05, 3.63) is 92.2 Å². The molecule has 5 aromatic rings. The van der Waals surface area contributed by atoms with Gasteiger partial charge in [-0.3, -0.25) is 4.72 Å². The number of halogens is 2. The maximum Gasteiger partial charge on any atom is 0.349 e. The van der Waals surface area contributed by atoms with E-state index in [4.69, 9.17) is 16.6 Å². The second-order valence-corrected chi connectivity index (χ2v) is 11.8. The Morgan fingerprint density at radius 1 is 1.16 bits per heavy atom. The molecule has 0 saturated heterocycles. The SMILES string of the molecule is COC(=O)c1sccc1S(=O)(=O)Nc1ccc(CNc2cc(-c3ccccc3Cl)nc3c(Br)cnn23)cc1. The lowest BCUT2D eigenvalue weighted by Crippen LogP contribution is -2.15. The van der Waals surface area contributed by atoms with Crippen LogP contribution in [0.25, 0.3) is 16.9 Å². The minimum Gasteiger partial charge on any atom is -0.465 e. The lowest BCUT2D eigenvalue weighted by Gasteiger charge is -2.12. The highest BCUT2D eigenvalue weighted by atomic mass is 79.9. The molecular weight excluding hydrogens is 614 g/mol. The number of nitrogens with zero attached hydrogens (tertiary/aromatic N) is 3. The number of benzene rings is 2. The predicted octanol–water partition coefficient (Wildman–Crippen LogP) is 6.07. The van der Waals surface area contributed by atoms with Gasteiger partial charge in [-0.25, -0.2) is 18.2 Å². The van der Waals surface area contributed by atoms with Crippen LogP contribution in [0.1, 0.15) is 15.2 Å². The summed E-state index contributed by atoms with van der Waals surface area (Å²) >= 11 is 10.9. The zero-order valence-electron chi connectivity index (χ0n) is 19.7. The van der Waals surface area contributed by atoms with Gasteiger partial charge in [-0.15, -0.1) is 11.3 Å². The van der Waals surface area contributed by atoms with Crippen LogP contribution in [0.2, 0.25) is 5.02 Å². The van der Waals surface area contributed by atoms with E-state index in [9.17, 15) is 13.2 Å². The van der Waals surface area contributed by atoms with Gasteiger partial charge in [-0.1, -0.05) is 41.9 Å². The molecule has 0 unspecified atom stereocenters. The number of carbonyl (C=O) groups excluding carboxylic acids is 1. The van der Waals surface area contributed by atoms with Gasteiger partial charge in [-0.2, -0.15) is 9.61 Å². The summed E-state index contributed by atoms with van der Waals surface area (Å²) in [5.41, 5.74) is 3.38. The third-order valence-corrected chi connectivity index (χ3v) is 8.88. The summed E-state index contributed by atoms with van der Waals surface area (Å²) in [6.07, 6.45) is 1.67. The standard InChI is InChI=1S/C25H19BrClN5O4S2/c1-36-25(33)23-21(10-11-37-23)38(34,35)31-16-8-6-15(7-9-16)13-28-22-12-20(17-4-2-3-5-19(17)27)30-24-18(26)14-29-32(22)24/h2-12,14,28,31H,13H2,1H3. The number of thiophene rings is 1. The number of hydrogen-bond acceptors (Lipinski definition) is 8. The molecule has 9 nitrogen and oxygen atoms in total. The van der Waals surface area contributed by atoms with Gasteiger partial charge in [0.1, 0.15) is 15.6 Å². The molecular formula is C25H19BrClN5O4S2. The summed E-state index contributed by atoms with van der Waals surface area (Å²) in [4.78, 5) is 16.5. The van der Waals surface area contributed by atoms with E-state index >= 15 is 0 Å². The van der Waals surface area contributed by atoms with Crippen LogP contribution in [0, 0.1) is 0 Å². The van der Waals surface area contributed by atoms with Crippen molar-refractivity contribution in [2.45, 2.75) is 11.4 Å². The van der Waals surface area contributed by atoms with Crippen molar-refractivity contribution < 1.29 is 17.9 Å². The lowest BCUT2D eigenvalue weighted by molar-refractivity contribution is 0.0602. The first-order valence-electron chi connectivity index (χ1n) is 11.1. The van der Waals surface area contributed by atoms with Crippen LogP contribution in [0.4, 0.5) is 11.5 Å². The Labute approximate surface area is 235 Å². The van der Waals surface area contributed by atoms with Gasteiger partial charge in [0.15, 0.2) is 5.65 Å². The number of esters is 1. The molecule has 13 heteroatoms. The first-order chi connectivity index (χ1) is 18.3. The molecule has 3 heterocycles. The predicted molar refractivity (Wildman–Crippen MR) is 151 cm³/mol. The topological polar surface area (TPSA) is 115 Å². The van der Waals surface area contributed by atoms with Crippen molar-refractivity contribution in [3.63, 3.8) is 0 Å². The van der Waals surface area contributed by atoms with Gasteiger partial charge in [0, 0.05) is 28.9 Å². The van der Waals surface area contributed by atoms with E-state index in [0.717, 1.165) is 26.9 Å². The molecule has 0 aliphatic heterocycles. The minimum absolute atomic E-state index is 0.0194. The highest BCUT2D eigenvalue weighted by Crippen LogP contribution is 2.31. The summed E-state index contributed by atoms with van der Waals surface area (Å²) in [5.74, 6) is 0.00196. The molecule has 0 spiro atoms. The average Bonchev–Trinajstić information content (AvgIpc) is 3.56. The van der Waals surface area contributed by atoms with E-state index in [1.54, 1.807) is 35.0 Å². The Bertz CT molecular complexity index is 1750. The number of hydrogen-bond donors (Lipinski definition) is 2. The number of rotatable bonds is 8. The Kier molecular flexibility index (Phi) is 7.39. The third-order valence-electron chi connectivity index (χ3n) is 5.55. The van der Waals surface area contributed by atoms with Gasteiger partial charge >= 0.3 is 5.97 Å². The number of sulfonamides is 1. The highest BCUT2D eigenvalue weighted by Gasteiger charge is 2.24. The maximum atomic E-state index is 12.8. The summed E-state index contributed by atoms with van der Waals surface area (Å²) < 4.78 is 35.3. The van der Waals surface area contributed by atoms with Crippen LogP contribution in [0.5, 0.6) is 0 Å². The number of ether oxygens (including phenoxy) is 1. The molecule has 0 aliphatic rings. The molecule has 194 valence electrons. The normalized spacial score (nSPS) is 11.4. The van der Waals surface area contributed by atoms with Crippen molar-refractivity contribution >= 4 is 72.0 Å². The minimum atomic E-state index is -3.97. The fraction of sp³-hybridized carbons (Fsp3) is 0.0800. The van der Waals surface area contributed by atoms with Crippen molar-refractivity contribution in [3.8, 4) is 11.3 Å². The first-order valence-corrected chi connectivity index (χ1v) is 14.6. The molecule has 2 aromatic carbocycles. The van der Waals surface area contributed by atoms with E-state index < -0.39 is 16.0 Å². The van der Waals surface area contributed by atoms with Crippen LogP contribution in [0.3, 0.4) is 0 Å². The molecule has 5 rings (SSSR count). The molecule has 0 amide bonds. The first kappa shape index (κ1) is 26.2. The van der Waals surface area contributed by atoms with E-state index in [0.29, 0.717) is 34.4 Å². The summed E-state index contributed by atoms with van der Waals surface area (Å²) in [6, 6.07) is 17.6. The van der Waals surface area contributed by atoms with Crippen molar-refractivity contribution in [1.82, 2.24) is 14.6 Å². The quantitative estimate of drug-likeness (QED) is 0.200. The summed E-state index contributed by atoms with van der Waals surface area (Å²) in [6.45, 7) is 0.433. The van der Waals surface area contributed by atoms with Crippen LogP contribution in [-0.4, -0.2) is 36.1 Å². The van der Waals surface area contributed by atoms with Crippen LogP contribution in [0.15, 0.2) is 81.6 Å². The largest absolute Gasteiger partial charge is 0.465 e. The third kappa shape index (κ3) is 5.25. The number of anilines is 2. The Hall–Kier alpha value is -3.45. The fourth-order valence-corrected chi connectivity index (χ4v) is 6.69. The molecule has 0 saturated carbocycles. The molecule has 38 heavy (non-hydrogen) atoms. The fourth-order valence-electron chi connectivity index (χ4n) is 3.71. The number of carbonyl (C=O) groups is 1. The molecule has 2 N–H and O–H groups in total. The van der Waals surface area contributed by atoms with Crippen LogP contribution >= 0.6 is 38.9 Å². The van der Waals surface area contributed by atoms with E-state index in [2.05, 4.69) is 35.8 Å². The van der Waals surface area contributed by atoms with Gasteiger partial charge < -0.3 is 10.1 Å². The summed E-state index contributed by atoms with van der Waals surface area (Å²) in [7, 11) is -2.76. The molecule has 0 aliphatic carbocycles.